The zero-order valence-corrected chi connectivity index (χ0v) is 10.6. The predicted molar refractivity (Wildman–Crippen MR) is 78.2 cm³/mol. The Morgan fingerprint density at radius 3 is 2.47 bits per heavy atom. The van der Waals surface area contributed by atoms with Gasteiger partial charge in [0, 0.05) is 27.8 Å². The Hall–Kier alpha value is -2.55. The number of nitrogens with one attached hydrogen (secondary N) is 1. The molecule has 0 amide bonds. The monoisotopic (exact) mass is 250 g/mol. The van der Waals surface area contributed by atoms with Gasteiger partial charge in [0.2, 0.25) is 0 Å². The molecule has 1 heterocycles. The van der Waals surface area contributed by atoms with Gasteiger partial charge in [0.05, 0.1) is 0 Å². The first-order valence-corrected chi connectivity index (χ1v) is 6.13. The molecule has 1 aromatic heterocycles. The molecule has 0 atom stereocenters. The lowest BCUT2D eigenvalue weighted by Crippen LogP contribution is -1.90. The van der Waals surface area contributed by atoms with Gasteiger partial charge >= 0.3 is 0 Å². The molecule has 0 aliphatic heterocycles. The summed E-state index contributed by atoms with van der Waals surface area (Å²) in [4.78, 5) is 14.7. The van der Waals surface area contributed by atoms with E-state index in [9.17, 15) is 4.79 Å². The second-order valence-electron chi connectivity index (χ2n) is 4.66. The minimum absolute atomic E-state index is 0.0746. The molecule has 3 aromatic rings. The largest absolute Gasteiger partial charge is 0.399 e. The molecular formula is C16H14N2O. The van der Waals surface area contributed by atoms with E-state index in [4.69, 9.17) is 5.73 Å². The number of hydrogen-bond donors (Lipinski definition) is 2. The molecule has 0 spiro atoms. The SMILES string of the molecule is CC(=O)c1ccc2cc(-c3ccc(N)cc3)[nH]c2c1. The van der Waals surface area contributed by atoms with Crippen molar-refractivity contribution in [1.29, 1.82) is 0 Å². The first-order chi connectivity index (χ1) is 9.13. The summed E-state index contributed by atoms with van der Waals surface area (Å²) in [6.07, 6.45) is 0. The molecule has 3 nitrogen and oxygen atoms in total. The summed E-state index contributed by atoms with van der Waals surface area (Å²) in [5.41, 5.74) is 10.2. The fourth-order valence-electron chi connectivity index (χ4n) is 2.16. The Labute approximate surface area is 111 Å². The van der Waals surface area contributed by atoms with Crippen molar-refractivity contribution in [1.82, 2.24) is 4.98 Å². The number of aromatic amines is 1. The summed E-state index contributed by atoms with van der Waals surface area (Å²) in [7, 11) is 0. The van der Waals surface area contributed by atoms with Gasteiger partial charge in [-0.1, -0.05) is 24.3 Å². The van der Waals surface area contributed by atoms with Crippen molar-refractivity contribution in [2.45, 2.75) is 6.92 Å². The van der Waals surface area contributed by atoms with Crippen LogP contribution in [0.5, 0.6) is 0 Å². The lowest BCUT2D eigenvalue weighted by atomic mass is 10.1. The van der Waals surface area contributed by atoms with Crippen molar-refractivity contribution in [3.63, 3.8) is 0 Å². The van der Waals surface area contributed by atoms with Crippen molar-refractivity contribution >= 4 is 22.4 Å². The van der Waals surface area contributed by atoms with E-state index in [-0.39, 0.29) is 5.78 Å². The Morgan fingerprint density at radius 1 is 1.05 bits per heavy atom. The van der Waals surface area contributed by atoms with E-state index in [1.54, 1.807) is 6.92 Å². The molecule has 19 heavy (non-hydrogen) atoms. The number of carbonyl (C=O) groups excluding carboxylic acids is 1. The Morgan fingerprint density at radius 2 is 1.79 bits per heavy atom. The average Bonchev–Trinajstić information content (AvgIpc) is 2.82. The highest BCUT2D eigenvalue weighted by Crippen LogP contribution is 2.25. The highest BCUT2D eigenvalue weighted by Gasteiger charge is 2.06. The Balaban J connectivity index is 2.11. The van der Waals surface area contributed by atoms with Gasteiger partial charge in [0.25, 0.3) is 0 Å². The number of benzene rings is 2. The zero-order valence-electron chi connectivity index (χ0n) is 10.6. The number of carbonyl (C=O) groups is 1. The topological polar surface area (TPSA) is 58.9 Å². The van der Waals surface area contributed by atoms with Crippen LogP contribution in [0.2, 0.25) is 0 Å². The van der Waals surface area contributed by atoms with E-state index in [1.807, 2.05) is 42.5 Å². The van der Waals surface area contributed by atoms with Gasteiger partial charge < -0.3 is 10.7 Å². The number of ketones is 1. The molecule has 0 aliphatic rings. The number of nitrogens with two attached hydrogens (primary N) is 1. The van der Waals surface area contributed by atoms with Crippen molar-refractivity contribution in [3.8, 4) is 11.3 Å². The lowest BCUT2D eigenvalue weighted by molar-refractivity contribution is 0.101. The smallest absolute Gasteiger partial charge is 0.159 e. The highest BCUT2D eigenvalue weighted by molar-refractivity contribution is 5.98. The number of rotatable bonds is 2. The molecule has 0 radical (unpaired) electrons. The number of hydrogen-bond acceptors (Lipinski definition) is 2. The van der Waals surface area contributed by atoms with E-state index in [2.05, 4.69) is 11.1 Å². The maximum Gasteiger partial charge on any atom is 0.159 e. The summed E-state index contributed by atoms with van der Waals surface area (Å²) in [5.74, 6) is 0.0746. The van der Waals surface area contributed by atoms with Gasteiger partial charge in [0.1, 0.15) is 0 Å². The zero-order chi connectivity index (χ0) is 13.4. The molecule has 0 saturated carbocycles. The predicted octanol–water partition coefficient (Wildman–Crippen LogP) is 3.62. The summed E-state index contributed by atoms with van der Waals surface area (Å²) in [5, 5.41) is 1.09. The average molecular weight is 250 g/mol. The molecule has 94 valence electrons. The third-order valence-electron chi connectivity index (χ3n) is 3.25. The number of anilines is 1. The molecule has 2 aromatic carbocycles. The minimum atomic E-state index is 0.0746. The molecule has 3 heteroatoms. The molecule has 0 bridgehead atoms. The maximum atomic E-state index is 11.4. The van der Waals surface area contributed by atoms with Gasteiger partial charge in [-0.25, -0.2) is 0 Å². The molecule has 0 saturated heterocycles. The van der Waals surface area contributed by atoms with E-state index in [0.29, 0.717) is 0 Å². The van der Waals surface area contributed by atoms with Crippen LogP contribution in [0, 0.1) is 0 Å². The number of Topliss-reactive ketones (excluding diaryl/α,β-unsaturated/α-hetero) is 1. The second-order valence-corrected chi connectivity index (χ2v) is 4.66. The van der Waals surface area contributed by atoms with Crippen LogP contribution in [-0.2, 0) is 0 Å². The Bertz CT molecular complexity index is 754. The van der Waals surface area contributed by atoms with Crippen molar-refractivity contribution < 1.29 is 4.79 Å². The number of H-pyrrole nitrogens is 1. The second kappa shape index (κ2) is 4.28. The number of aromatic nitrogens is 1. The van der Waals surface area contributed by atoms with Gasteiger partial charge in [-0.15, -0.1) is 0 Å². The van der Waals surface area contributed by atoms with E-state index >= 15 is 0 Å². The van der Waals surface area contributed by atoms with E-state index < -0.39 is 0 Å². The third kappa shape index (κ3) is 2.10. The molecule has 3 N–H and O–H groups in total. The highest BCUT2D eigenvalue weighted by atomic mass is 16.1. The Kier molecular flexibility index (Phi) is 2.60. The van der Waals surface area contributed by atoms with Crippen molar-refractivity contribution in [2.75, 3.05) is 5.73 Å². The quantitative estimate of drug-likeness (QED) is 0.539. The van der Waals surface area contributed by atoms with Crippen molar-refractivity contribution in [2.24, 2.45) is 0 Å². The van der Waals surface area contributed by atoms with E-state index in [1.165, 1.54) is 0 Å². The minimum Gasteiger partial charge on any atom is -0.399 e. The van der Waals surface area contributed by atoms with Gasteiger partial charge in [0.15, 0.2) is 5.78 Å². The van der Waals surface area contributed by atoms with Crippen LogP contribution in [0.25, 0.3) is 22.2 Å². The van der Waals surface area contributed by atoms with Gasteiger partial charge in [-0.2, -0.15) is 0 Å². The maximum absolute atomic E-state index is 11.4. The fraction of sp³-hybridized carbons (Fsp3) is 0.0625. The third-order valence-corrected chi connectivity index (χ3v) is 3.25. The van der Waals surface area contributed by atoms with Crippen LogP contribution >= 0.6 is 0 Å². The molecular weight excluding hydrogens is 236 g/mol. The van der Waals surface area contributed by atoms with Crippen LogP contribution in [0.4, 0.5) is 5.69 Å². The summed E-state index contributed by atoms with van der Waals surface area (Å²) in [6, 6.07) is 15.5. The summed E-state index contributed by atoms with van der Waals surface area (Å²) < 4.78 is 0. The fourth-order valence-corrected chi connectivity index (χ4v) is 2.16. The van der Waals surface area contributed by atoms with Crippen molar-refractivity contribution in [3.05, 3.63) is 54.1 Å². The molecule has 0 fully saturated rings. The molecule has 3 rings (SSSR count). The molecule has 0 unspecified atom stereocenters. The number of nitrogen functional groups attached to an aromatic ring is 1. The first kappa shape index (κ1) is 11.5. The van der Waals surface area contributed by atoms with Crippen LogP contribution in [0.1, 0.15) is 17.3 Å². The van der Waals surface area contributed by atoms with Crippen LogP contribution in [-0.4, -0.2) is 10.8 Å². The first-order valence-electron chi connectivity index (χ1n) is 6.13. The van der Waals surface area contributed by atoms with E-state index in [0.717, 1.165) is 33.4 Å². The summed E-state index contributed by atoms with van der Waals surface area (Å²) in [6.45, 7) is 1.57. The van der Waals surface area contributed by atoms with Gasteiger partial charge in [-0.05, 0) is 36.8 Å². The normalized spacial score (nSPS) is 10.8. The summed E-state index contributed by atoms with van der Waals surface area (Å²) >= 11 is 0. The standard InChI is InChI=1S/C16H14N2O/c1-10(19)12-2-3-13-9-15(18-16(13)8-12)11-4-6-14(17)7-5-11/h2-9,18H,17H2,1H3. The number of fused-ring (bicyclic) bond motifs is 1. The lowest BCUT2D eigenvalue weighted by Gasteiger charge is -1.98. The van der Waals surface area contributed by atoms with Crippen LogP contribution in [0.15, 0.2) is 48.5 Å². The van der Waals surface area contributed by atoms with Gasteiger partial charge in [-0.3, -0.25) is 4.79 Å². The van der Waals surface area contributed by atoms with Crippen LogP contribution < -0.4 is 5.73 Å². The molecule has 0 aliphatic carbocycles. The van der Waals surface area contributed by atoms with Crippen LogP contribution in [0.3, 0.4) is 0 Å².